The first kappa shape index (κ1) is 26.3. The molecule has 0 aliphatic heterocycles. The fraction of sp³-hybridized carbons (Fsp3) is 0.333. The molecule has 1 atom stereocenters. The number of amides is 1. The van der Waals surface area contributed by atoms with Gasteiger partial charge in [0.25, 0.3) is 11.8 Å². The molecule has 1 unspecified atom stereocenters. The zero-order valence-corrected chi connectivity index (χ0v) is 21.2. The first-order valence-corrected chi connectivity index (χ1v) is 12.1. The van der Waals surface area contributed by atoms with Crippen molar-refractivity contribution < 1.29 is 13.9 Å². The highest BCUT2D eigenvalue weighted by Crippen LogP contribution is 2.27. The van der Waals surface area contributed by atoms with Crippen LogP contribution in [0.4, 0.5) is 4.39 Å². The standard InChI is InChI=1S/C27H30ClFN4O2/c1-5-9-19(17-35-26-23(29)15-20(28)16-32-26)24(6-2)33(7-3)27(34)22-14-18(4)10-11-21(22)25-30-12-8-13-31-25/h8,10-17,24H,5-7,9H2,1-4H3/b19-17+. The number of aromatic nitrogens is 3. The Hall–Kier alpha value is -3.32. The van der Waals surface area contributed by atoms with E-state index in [2.05, 4.69) is 15.0 Å². The third-order valence-corrected chi connectivity index (χ3v) is 5.85. The van der Waals surface area contributed by atoms with Gasteiger partial charge in [-0.3, -0.25) is 4.79 Å². The van der Waals surface area contributed by atoms with Crippen molar-refractivity contribution in [2.24, 2.45) is 0 Å². The van der Waals surface area contributed by atoms with Crippen LogP contribution in [-0.2, 0) is 0 Å². The molecular formula is C27H30ClFN4O2. The summed E-state index contributed by atoms with van der Waals surface area (Å²) < 4.78 is 19.8. The van der Waals surface area contributed by atoms with Crippen LogP contribution < -0.4 is 4.74 Å². The van der Waals surface area contributed by atoms with Gasteiger partial charge in [0, 0.05) is 30.7 Å². The average molecular weight is 497 g/mol. The fourth-order valence-corrected chi connectivity index (χ4v) is 4.17. The molecule has 184 valence electrons. The van der Waals surface area contributed by atoms with Crippen molar-refractivity contribution in [3.8, 4) is 17.3 Å². The highest BCUT2D eigenvalue weighted by atomic mass is 35.5. The number of ether oxygens (including phenoxy) is 1. The molecule has 0 fully saturated rings. The number of likely N-dealkylation sites (N-methyl/N-ethyl adjacent to an activating group) is 1. The topological polar surface area (TPSA) is 68.2 Å². The number of rotatable bonds is 10. The summed E-state index contributed by atoms with van der Waals surface area (Å²) in [5.74, 6) is -0.428. The molecule has 1 aromatic carbocycles. The van der Waals surface area contributed by atoms with E-state index < -0.39 is 5.82 Å². The molecule has 8 heteroatoms. The molecular weight excluding hydrogens is 467 g/mol. The van der Waals surface area contributed by atoms with Gasteiger partial charge in [0.2, 0.25) is 0 Å². The van der Waals surface area contributed by atoms with E-state index in [9.17, 15) is 9.18 Å². The lowest BCUT2D eigenvalue weighted by Gasteiger charge is -2.32. The molecule has 1 amide bonds. The number of hydrogen-bond acceptors (Lipinski definition) is 5. The number of benzene rings is 1. The molecule has 3 rings (SSSR count). The third kappa shape index (κ3) is 6.42. The van der Waals surface area contributed by atoms with E-state index >= 15 is 0 Å². The van der Waals surface area contributed by atoms with Crippen LogP contribution >= 0.6 is 11.6 Å². The van der Waals surface area contributed by atoms with E-state index in [4.69, 9.17) is 16.3 Å². The zero-order valence-electron chi connectivity index (χ0n) is 20.5. The SMILES string of the molecule is CCC/C(=C\Oc1ncc(Cl)cc1F)C(CC)N(CC)C(=O)c1cc(C)ccc1-c1ncccn1. The van der Waals surface area contributed by atoms with Crippen molar-refractivity contribution in [2.45, 2.75) is 53.0 Å². The van der Waals surface area contributed by atoms with Gasteiger partial charge in [-0.2, -0.15) is 0 Å². The number of aryl methyl sites for hydroxylation is 1. The van der Waals surface area contributed by atoms with E-state index in [0.29, 0.717) is 36.3 Å². The molecule has 0 spiro atoms. The van der Waals surface area contributed by atoms with Crippen LogP contribution in [-0.4, -0.2) is 38.3 Å². The number of hydrogen-bond donors (Lipinski definition) is 0. The molecule has 3 aromatic rings. The van der Waals surface area contributed by atoms with Crippen LogP contribution in [0.5, 0.6) is 5.88 Å². The lowest BCUT2D eigenvalue weighted by atomic mass is 9.97. The van der Waals surface area contributed by atoms with Gasteiger partial charge in [-0.15, -0.1) is 0 Å². The average Bonchev–Trinajstić information content (AvgIpc) is 2.86. The fourth-order valence-electron chi connectivity index (χ4n) is 4.02. The Balaban J connectivity index is 1.98. The number of pyridine rings is 1. The number of carbonyl (C=O) groups is 1. The van der Waals surface area contributed by atoms with Gasteiger partial charge in [-0.05, 0) is 50.5 Å². The predicted molar refractivity (Wildman–Crippen MR) is 136 cm³/mol. The van der Waals surface area contributed by atoms with Gasteiger partial charge >= 0.3 is 0 Å². The largest absolute Gasteiger partial charge is 0.444 e. The highest BCUT2D eigenvalue weighted by molar-refractivity contribution is 6.30. The van der Waals surface area contributed by atoms with Crippen LogP contribution in [0, 0.1) is 12.7 Å². The smallest absolute Gasteiger partial charge is 0.255 e. The van der Waals surface area contributed by atoms with E-state index in [1.54, 1.807) is 18.5 Å². The lowest BCUT2D eigenvalue weighted by Crippen LogP contribution is -2.41. The molecule has 0 N–H and O–H groups in total. The second kappa shape index (κ2) is 12.4. The Morgan fingerprint density at radius 3 is 2.54 bits per heavy atom. The van der Waals surface area contributed by atoms with Gasteiger partial charge in [0.05, 0.1) is 22.9 Å². The highest BCUT2D eigenvalue weighted by Gasteiger charge is 2.28. The number of carbonyl (C=O) groups excluding carboxylic acids is 1. The summed E-state index contributed by atoms with van der Waals surface area (Å²) in [5.41, 5.74) is 3.07. The summed E-state index contributed by atoms with van der Waals surface area (Å²) in [7, 11) is 0. The number of nitrogens with zero attached hydrogens (tertiary/aromatic N) is 4. The Morgan fingerprint density at radius 2 is 1.91 bits per heavy atom. The summed E-state index contributed by atoms with van der Waals surface area (Å²) in [5, 5.41) is 0.193. The van der Waals surface area contributed by atoms with Crippen LogP contribution in [0.2, 0.25) is 5.02 Å². The maximum atomic E-state index is 14.2. The minimum absolute atomic E-state index is 0.122. The summed E-state index contributed by atoms with van der Waals surface area (Å²) in [6.45, 7) is 8.44. The molecule has 0 saturated carbocycles. The molecule has 0 bridgehead atoms. The van der Waals surface area contributed by atoms with Crippen molar-refractivity contribution in [1.82, 2.24) is 19.9 Å². The molecule has 0 aliphatic carbocycles. The molecule has 6 nitrogen and oxygen atoms in total. The maximum absolute atomic E-state index is 14.2. The van der Waals surface area contributed by atoms with Crippen molar-refractivity contribution in [3.05, 3.63) is 82.7 Å². The third-order valence-electron chi connectivity index (χ3n) is 5.64. The lowest BCUT2D eigenvalue weighted by molar-refractivity contribution is 0.0708. The van der Waals surface area contributed by atoms with Crippen LogP contribution in [0.25, 0.3) is 11.4 Å². The van der Waals surface area contributed by atoms with Crippen molar-refractivity contribution in [2.75, 3.05) is 6.54 Å². The molecule has 2 heterocycles. The van der Waals surface area contributed by atoms with E-state index in [1.807, 2.05) is 50.8 Å². The van der Waals surface area contributed by atoms with Crippen LogP contribution in [0.15, 0.2) is 60.8 Å². The van der Waals surface area contributed by atoms with Gasteiger partial charge in [-0.1, -0.05) is 49.6 Å². The summed E-state index contributed by atoms with van der Waals surface area (Å²) in [4.78, 5) is 28.4. The van der Waals surface area contributed by atoms with Crippen molar-refractivity contribution >= 4 is 17.5 Å². The summed E-state index contributed by atoms with van der Waals surface area (Å²) in [6, 6.07) is 8.35. The van der Waals surface area contributed by atoms with E-state index in [0.717, 1.165) is 23.6 Å². The van der Waals surface area contributed by atoms with Gasteiger partial charge in [-0.25, -0.2) is 19.3 Å². The van der Waals surface area contributed by atoms with Gasteiger partial charge in [0.1, 0.15) is 0 Å². The Morgan fingerprint density at radius 1 is 1.17 bits per heavy atom. The number of halogens is 2. The molecule has 2 aromatic heterocycles. The van der Waals surface area contributed by atoms with Crippen molar-refractivity contribution in [3.63, 3.8) is 0 Å². The molecule has 35 heavy (non-hydrogen) atoms. The molecule has 0 radical (unpaired) electrons. The van der Waals surface area contributed by atoms with Crippen LogP contribution in [0.3, 0.4) is 0 Å². The Labute approximate surface area is 210 Å². The van der Waals surface area contributed by atoms with Crippen LogP contribution in [0.1, 0.15) is 56.0 Å². The van der Waals surface area contributed by atoms with E-state index in [-0.39, 0.29) is 22.9 Å². The second-order valence-electron chi connectivity index (χ2n) is 8.14. The van der Waals surface area contributed by atoms with Gasteiger partial charge in [0.15, 0.2) is 11.6 Å². The maximum Gasteiger partial charge on any atom is 0.255 e. The monoisotopic (exact) mass is 496 g/mol. The second-order valence-corrected chi connectivity index (χ2v) is 8.57. The van der Waals surface area contributed by atoms with Crippen molar-refractivity contribution in [1.29, 1.82) is 0 Å². The van der Waals surface area contributed by atoms with Gasteiger partial charge < -0.3 is 9.64 Å². The van der Waals surface area contributed by atoms with E-state index in [1.165, 1.54) is 12.5 Å². The first-order valence-electron chi connectivity index (χ1n) is 11.7. The summed E-state index contributed by atoms with van der Waals surface area (Å²) >= 11 is 5.80. The zero-order chi connectivity index (χ0) is 25.4. The normalized spacial score (nSPS) is 12.3. The summed E-state index contributed by atoms with van der Waals surface area (Å²) in [6.07, 6.45) is 8.34. The predicted octanol–water partition coefficient (Wildman–Crippen LogP) is 6.64. The molecule has 0 saturated heterocycles. The molecule has 0 aliphatic rings. The quantitative estimate of drug-likeness (QED) is 0.294. The Kier molecular flexibility index (Phi) is 9.32. The first-order chi connectivity index (χ1) is 16.9. The Bertz CT molecular complexity index is 1190. The minimum atomic E-state index is -0.645. The minimum Gasteiger partial charge on any atom is -0.444 e.